The van der Waals surface area contributed by atoms with E-state index in [-0.39, 0.29) is 17.9 Å². The zero-order valence-electron chi connectivity index (χ0n) is 10.6. The Morgan fingerprint density at radius 1 is 1.15 bits per heavy atom. The number of halogens is 1. The molecule has 0 aliphatic carbocycles. The number of phenols is 1. The Balaban J connectivity index is 2.11. The van der Waals surface area contributed by atoms with Crippen LogP contribution >= 0.6 is 0 Å². The van der Waals surface area contributed by atoms with Gasteiger partial charge in [0.15, 0.2) is 0 Å². The number of nitrogens with one attached hydrogen (secondary N) is 1. The van der Waals surface area contributed by atoms with E-state index in [1.807, 2.05) is 0 Å². The Hall–Kier alpha value is -2.40. The van der Waals surface area contributed by atoms with E-state index in [4.69, 9.17) is 10.2 Å². The largest absolute Gasteiger partial charge is 0.508 e. The predicted molar refractivity (Wildman–Crippen MR) is 73.2 cm³/mol. The van der Waals surface area contributed by atoms with Crippen molar-refractivity contribution in [2.45, 2.75) is 6.42 Å². The molecule has 2 aromatic rings. The fraction of sp³-hybridized carbons (Fsp3) is 0.133. The van der Waals surface area contributed by atoms with E-state index in [1.54, 1.807) is 24.3 Å². The van der Waals surface area contributed by atoms with E-state index in [0.29, 0.717) is 12.1 Å². The molecule has 2 rings (SSSR count). The molecule has 0 heterocycles. The Kier molecular flexibility index (Phi) is 4.32. The quantitative estimate of drug-likeness (QED) is 0.802. The fourth-order valence-electron chi connectivity index (χ4n) is 1.77. The fourth-order valence-corrected chi connectivity index (χ4v) is 1.77. The van der Waals surface area contributed by atoms with Crippen molar-refractivity contribution in [2.75, 3.05) is 11.9 Å². The number of aliphatic hydroxyl groups excluding tert-OH is 1. The molecule has 0 unspecified atom stereocenters. The van der Waals surface area contributed by atoms with E-state index in [2.05, 4.69) is 5.32 Å². The third-order valence-electron chi connectivity index (χ3n) is 2.81. The summed E-state index contributed by atoms with van der Waals surface area (Å²) in [4.78, 5) is 11.9. The molecule has 3 N–H and O–H groups in total. The van der Waals surface area contributed by atoms with E-state index in [9.17, 15) is 9.18 Å². The molecule has 0 aliphatic rings. The lowest BCUT2D eigenvalue weighted by molar-refractivity contribution is 0.102. The number of phenolic OH excluding ortho intramolecular Hbond substituents is 1. The van der Waals surface area contributed by atoms with Crippen LogP contribution in [0.4, 0.5) is 10.1 Å². The lowest BCUT2D eigenvalue weighted by Gasteiger charge is -2.07. The van der Waals surface area contributed by atoms with Crippen LogP contribution in [-0.4, -0.2) is 22.7 Å². The van der Waals surface area contributed by atoms with Crippen LogP contribution in [0, 0.1) is 5.82 Å². The summed E-state index contributed by atoms with van der Waals surface area (Å²) in [6, 6.07) is 10.3. The van der Waals surface area contributed by atoms with Crippen molar-refractivity contribution >= 4 is 11.6 Å². The SMILES string of the molecule is O=C(Nc1ccc(CCO)cc1)c1ccc(O)cc1F. The van der Waals surface area contributed by atoms with Crippen LogP contribution in [0.3, 0.4) is 0 Å². The van der Waals surface area contributed by atoms with Crippen molar-refractivity contribution in [1.82, 2.24) is 0 Å². The smallest absolute Gasteiger partial charge is 0.258 e. The summed E-state index contributed by atoms with van der Waals surface area (Å²) >= 11 is 0. The van der Waals surface area contributed by atoms with Crippen LogP contribution in [0.2, 0.25) is 0 Å². The molecule has 0 saturated carbocycles. The predicted octanol–water partition coefficient (Wildman–Crippen LogP) is 2.32. The van der Waals surface area contributed by atoms with E-state index in [1.165, 1.54) is 12.1 Å². The molecule has 2 aromatic carbocycles. The summed E-state index contributed by atoms with van der Waals surface area (Å²) < 4.78 is 13.5. The minimum Gasteiger partial charge on any atom is -0.508 e. The maximum Gasteiger partial charge on any atom is 0.258 e. The Morgan fingerprint density at radius 3 is 2.45 bits per heavy atom. The van der Waals surface area contributed by atoms with Gasteiger partial charge >= 0.3 is 0 Å². The lowest BCUT2D eigenvalue weighted by Crippen LogP contribution is -2.13. The zero-order valence-corrected chi connectivity index (χ0v) is 10.6. The van der Waals surface area contributed by atoms with Gasteiger partial charge in [0.25, 0.3) is 5.91 Å². The van der Waals surface area contributed by atoms with Gasteiger partial charge in [-0.05, 0) is 36.2 Å². The molecule has 0 spiro atoms. The monoisotopic (exact) mass is 275 g/mol. The van der Waals surface area contributed by atoms with Gasteiger partial charge in [0.1, 0.15) is 11.6 Å². The molecule has 0 bridgehead atoms. The summed E-state index contributed by atoms with van der Waals surface area (Å²) in [6.45, 7) is 0.0599. The number of carbonyl (C=O) groups is 1. The first-order valence-corrected chi connectivity index (χ1v) is 6.10. The summed E-state index contributed by atoms with van der Waals surface area (Å²) in [5, 5.41) is 20.5. The van der Waals surface area contributed by atoms with E-state index >= 15 is 0 Å². The molecular formula is C15H14FNO3. The van der Waals surface area contributed by atoms with Gasteiger partial charge in [-0.15, -0.1) is 0 Å². The Morgan fingerprint density at radius 2 is 1.85 bits per heavy atom. The van der Waals surface area contributed by atoms with Crippen LogP contribution < -0.4 is 5.32 Å². The molecule has 0 fully saturated rings. The first-order chi connectivity index (χ1) is 9.60. The summed E-state index contributed by atoms with van der Waals surface area (Å²) in [7, 11) is 0. The highest BCUT2D eigenvalue weighted by molar-refractivity contribution is 6.04. The van der Waals surface area contributed by atoms with Gasteiger partial charge in [-0.2, -0.15) is 0 Å². The van der Waals surface area contributed by atoms with E-state index in [0.717, 1.165) is 11.6 Å². The highest BCUT2D eigenvalue weighted by Gasteiger charge is 2.12. The second-order valence-corrected chi connectivity index (χ2v) is 4.29. The zero-order chi connectivity index (χ0) is 14.5. The van der Waals surface area contributed by atoms with Crippen LogP contribution in [-0.2, 0) is 6.42 Å². The van der Waals surface area contributed by atoms with Gasteiger partial charge in [-0.1, -0.05) is 12.1 Å². The van der Waals surface area contributed by atoms with Gasteiger partial charge in [0, 0.05) is 18.4 Å². The first-order valence-electron chi connectivity index (χ1n) is 6.10. The number of anilines is 1. The average Bonchev–Trinajstić information content (AvgIpc) is 2.41. The second-order valence-electron chi connectivity index (χ2n) is 4.29. The molecule has 20 heavy (non-hydrogen) atoms. The standard InChI is InChI=1S/C15H14FNO3/c16-14-9-12(19)5-6-13(14)15(20)17-11-3-1-10(2-4-11)7-8-18/h1-6,9,18-19H,7-8H2,(H,17,20). The summed E-state index contributed by atoms with van der Waals surface area (Å²) in [5.74, 6) is -1.59. The topological polar surface area (TPSA) is 69.6 Å². The number of hydrogen-bond acceptors (Lipinski definition) is 3. The van der Waals surface area contributed by atoms with Crippen LogP contribution in [0.25, 0.3) is 0 Å². The van der Waals surface area contributed by atoms with Gasteiger partial charge in [0.05, 0.1) is 5.56 Å². The van der Waals surface area contributed by atoms with E-state index < -0.39 is 11.7 Å². The van der Waals surface area contributed by atoms with Crippen molar-refractivity contribution in [3.8, 4) is 5.75 Å². The van der Waals surface area contributed by atoms with Crippen molar-refractivity contribution < 1.29 is 19.4 Å². The number of aliphatic hydroxyl groups is 1. The molecule has 4 nitrogen and oxygen atoms in total. The van der Waals surface area contributed by atoms with Gasteiger partial charge in [-0.3, -0.25) is 4.79 Å². The van der Waals surface area contributed by atoms with Crippen LogP contribution in [0.15, 0.2) is 42.5 Å². The lowest BCUT2D eigenvalue weighted by atomic mass is 10.1. The van der Waals surface area contributed by atoms with Crippen molar-refractivity contribution in [3.63, 3.8) is 0 Å². The Bertz CT molecular complexity index is 611. The van der Waals surface area contributed by atoms with Crippen molar-refractivity contribution in [2.24, 2.45) is 0 Å². The summed E-state index contributed by atoms with van der Waals surface area (Å²) in [5.41, 5.74) is 1.34. The third kappa shape index (κ3) is 3.33. The maximum atomic E-state index is 13.5. The number of carbonyl (C=O) groups excluding carboxylic acids is 1. The van der Waals surface area contributed by atoms with Gasteiger partial charge in [-0.25, -0.2) is 4.39 Å². The number of benzene rings is 2. The first kappa shape index (κ1) is 14.0. The molecule has 0 aromatic heterocycles. The highest BCUT2D eigenvalue weighted by Crippen LogP contribution is 2.17. The molecule has 0 aliphatic heterocycles. The molecule has 0 radical (unpaired) electrons. The molecule has 0 atom stereocenters. The minimum absolute atomic E-state index is 0.0599. The van der Waals surface area contributed by atoms with Gasteiger partial charge < -0.3 is 15.5 Å². The normalized spacial score (nSPS) is 10.3. The number of aromatic hydroxyl groups is 1. The number of amides is 1. The second kappa shape index (κ2) is 6.16. The highest BCUT2D eigenvalue weighted by atomic mass is 19.1. The Labute approximate surface area is 115 Å². The minimum atomic E-state index is -0.778. The third-order valence-corrected chi connectivity index (χ3v) is 2.81. The van der Waals surface area contributed by atoms with Gasteiger partial charge in [0.2, 0.25) is 0 Å². The molecule has 0 saturated heterocycles. The maximum absolute atomic E-state index is 13.5. The van der Waals surface area contributed by atoms with Crippen LogP contribution in [0.5, 0.6) is 5.75 Å². The summed E-state index contributed by atoms with van der Waals surface area (Å²) in [6.07, 6.45) is 0.542. The molecule has 1 amide bonds. The number of rotatable bonds is 4. The molecule has 104 valence electrons. The average molecular weight is 275 g/mol. The molecule has 5 heteroatoms. The van der Waals surface area contributed by atoms with Crippen molar-refractivity contribution in [1.29, 1.82) is 0 Å². The number of hydrogen-bond donors (Lipinski definition) is 3. The molecular weight excluding hydrogens is 261 g/mol. The van der Waals surface area contributed by atoms with Crippen molar-refractivity contribution in [3.05, 3.63) is 59.4 Å². The van der Waals surface area contributed by atoms with Crippen LogP contribution in [0.1, 0.15) is 15.9 Å².